The molecule has 138 valence electrons. The van der Waals surface area contributed by atoms with Crippen LogP contribution in [0.4, 0.5) is 5.82 Å². The minimum absolute atomic E-state index is 0.0520. The van der Waals surface area contributed by atoms with Crippen molar-refractivity contribution in [2.75, 3.05) is 25.5 Å². The molecule has 7 nitrogen and oxygen atoms in total. The van der Waals surface area contributed by atoms with Crippen molar-refractivity contribution < 1.29 is 4.79 Å². The Labute approximate surface area is 157 Å². The van der Waals surface area contributed by atoms with Crippen molar-refractivity contribution in [3.05, 3.63) is 42.7 Å². The monoisotopic (exact) mass is 362 g/mol. The summed E-state index contributed by atoms with van der Waals surface area (Å²) < 4.78 is 0. The molecule has 4 rings (SSSR count). The topological polar surface area (TPSA) is 83.9 Å². The van der Waals surface area contributed by atoms with Crippen molar-refractivity contribution >= 4 is 22.5 Å². The fraction of sp³-hybridized carbons (Fsp3) is 0.350. The maximum absolute atomic E-state index is 12.5. The van der Waals surface area contributed by atoms with Gasteiger partial charge in [0, 0.05) is 41.7 Å². The van der Waals surface area contributed by atoms with Crippen LogP contribution in [0, 0.1) is 12.8 Å². The van der Waals surface area contributed by atoms with Crippen LogP contribution < -0.4 is 5.32 Å². The number of aryl methyl sites for hydroxylation is 1. The summed E-state index contributed by atoms with van der Waals surface area (Å²) in [5.41, 5.74) is 1.65. The lowest BCUT2D eigenvalue weighted by Gasteiger charge is -2.27. The van der Waals surface area contributed by atoms with E-state index in [1.54, 1.807) is 24.8 Å². The molecule has 3 aromatic rings. The molecule has 3 aromatic heterocycles. The Morgan fingerprint density at radius 1 is 1.00 bits per heavy atom. The molecule has 1 aliphatic rings. The molecule has 1 aliphatic heterocycles. The number of piperidine rings is 1. The van der Waals surface area contributed by atoms with E-state index in [0.717, 1.165) is 53.8 Å². The summed E-state index contributed by atoms with van der Waals surface area (Å²) in [6.45, 7) is 3.76. The Kier molecular flexibility index (Phi) is 4.77. The van der Waals surface area contributed by atoms with Crippen LogP contribution in [0.1, 0.15) is 18.7 Å². The highest BCUT2D eigenvalue weighted by molar-refractivity contribution is 5.94. The highest BCUT2D eigenvalue weighted by atomic mass is 16.1. The summed E-state index contributed by atoms with van der Waals surface area (Å²) >= 11 is 0. The predicted octanol–water partition coefficient (Wildman–Crippen LogP) is 2.68. The van der Waals surface area contributed by atoms with Crippen LogP contribution in [-0.4, -0.2) is 50.9 Å². The number of amides is 1. The van der Waals surface area contributed by atoms with Crippen LogP contribution in [0.3, 0.4) is 0 Å². The van der Waals surface area contributed by atoms with Gasteiger partial charge in [0.1, 0.15) is 11.6 Å². The first-order valence-electron chi connectivity index (χ1n) is 9.13. The molecule has 0 bridgehead atoms. The van der Waals surface area contributed by atoms with Gasteiger partial charge in [-0.1, -0.05) is 0 Å². The number of anilines is 1. The van der Waals surface area contributed by atoms with Gasteiger partial charge in [-0.25, -0.2) is 15.0 Å². The fourth-order valence-corrected chi connectivity index (χ4v) is 3.29. The summed E-state index contributed by atoms with van der Waals surface area (Å²) in [5.74, 6) is 1.40. The number of fused-ring (bicyclic) bond motifs is 1. The van der Waals surface area contributed by atoms with Crippen LogP contribution in [0.25, 0.3) is 22.0 Å². The van der Waals surface area contributed by atoms with E-state index < -0.39 is 0 Å². The fourth-order valence-electron chi connectivity index (χ4n) is 3.29. The van der Waals surface area contributed by atoms with E-state index in [2.05, 4.69) is 37.2 Å². The molecule has 1 N–H and O–H groups in total. The second kappa shape index (κ2) is 7.36. The smallest absolute Gasteiger partial charge is 0.228 e. The van der Waals surface area contributed by atoms with Gasteiger partial charge in [-0.2, -0.15) is 0 Å². The van der Waals surface area contributed by atoms with Gasteiger partial charge in [0.05, 0.1) is 5.69 Å². The Morgan fingerprint density at radius 3 is 2.44 bits per heavy atom. The molecule has 0 spiro atoms. The van der Waals surface area contributed by atoms with Gasteiger partial charge >= 0.3 is 0 Å². The molecule has 4 heterocycles. The summed E-state index contributed by atoms with van der Waals surface area (Å²) in [7, 11) is 2.09. The van der Waals surface area contributed by atoms with Crippen molar-refractivity contribution in [3.8, 4) is 11.3 Å². The van der Waals surface area contributed by atoms with Crippen LogP contribution >= 0.6 is 0 Å². The Hall–Kier alpha value is -2.93. The number of nitrogens with one attached hydrogen (secondary N) is 1. The number of hydrogen-bond acceptors (Lipinski definition) is 6. The van der Waals surface area contributed by atoms with Crippen molar-refractivity contribution in [1.82, 2.24) is 24.8 Å². The molecule has 0 atom stereocenters. The summed E-state index contributed by atoms with van der Waals surface area (Å²) in [5, 5.41) is 4.86. The maximum atomic E-state index is 12.5. The molecule has 27 heavy (non-hydrogen) atoms. The minimum atomic E-state index is 0.0520. The number of rotatable bonds is 3. The highest BCUT2D eigenvalue weighted by Crippen LogP contribution is 2.23. The molecular weight excluding hydrogens is 340 g/mol. The zero-order valence-electron chi connectivity index (χ0n) is 15.5. The number of hydrogen-bond donors (Lipinski definition) is 1. The largest absolute Gasteiger partial charge is 0.310 e. The van der Waals surface area contributed by atoms with Gasteiger partial charge in [-0.05, 0) is 57.4 Å². The minimum Gasteiger partial charge on any atom is -0.310 e. The van der Waals surface area contributed by atoms with E-state index in [4.69, 9.17) is 0 Å². The molecule has 7 heteroatoms. The number of carbonyl (C=O) groups excluding carboxylic acids is 1. The molecule has 1 amide bonds. The van der Waals surface area contributed by atoms with Crippen molar-refractivity contribution in [1.29, 1.82) is 0 Å². The standard InChI is InChI=1S/C20H22N6O/c1-13-21-11-17(12-22-13)18-7-15-8-19(24-10-16(15)9-23-18)25-20(27)14-3-5-26(2)6-4-14/h7-12,14H,3-6H2,1-2H3,(H,24,25,27). The van der Waals surface area contributed by atoms with E-state index >= 15 is 0 Å². The average molecular weight is 362 g/mol. The maximum Gasteiger partial charge on any atom is 0.228 e. The highest BCUT2D eigenvalue weighted by Gasteiger charge is 2.23. The lowest BCUT2D eigenvalue weighted by Crippen LogP contribution is -2.36. The SMILES string of the molecule is Cc1ncc(-c2cc3cc(NC(=O)C4CCN(C)CC4)ncc3cn2)cn1. The van der Waals surface area contributed by atoms with Crippen molar-refractivity contribution in [3.63, 3.8) is 0 Å². The normalized spacial score (nSPS) is 15.8. The van der Waals surface area contributed by atoms with Gasteiger partial charge in [0.2, 0.25) is 5.91 Å². The van der Waals surface area contributed by atoms with Crippen LogP contribution in [0.2, 0.25) is 0 Å². The zero-order valence-corrected chi connectivity index (χ0v) is 15.5. The Morgan fingerprint density at radius 2 is 1.70 bits per heavy atom. The molecule has 0 radical (unpaired) electrons. The lowest BCUT2D eigenvalue weighted by molar-refractivity contribution is -0.121. The Bertz CT molecular complexity index is 964. The number of carbonyl (C=O) groups is 1. The first-order chi connectivity index (χ1) is 13.1. The first kappa shape index (κ1) is 17.5. The molecule has 0 saturated carbocycles. The second-order valence-electron chi connectivity index (χ2n) is 7.07. The van der Waals surface area contributed by atoms with Gasteiger partial charge in [0.25, 0.3) is 0 Å². The summed E-state index contributed by atoms with van der Waals surface area (Å²) in [6, 6.07) is 3.86. The average Bonchev–Trinajstić information content (AvgIpc) is 2.68. The number of likely N-dealkylation sites (tertiary alicyclic amines) is 1. The van der Waals surface area contributed by atoms with Crippen LogP contribution in [0.15, 0.2) is 36.9 Å². The summed E-state index contributed by atoms with van der Waals surface area (Å²) in [4.78, 5) is 32.1. The first-order valence-corrected chi connectivity index (χ1v) is 9.13. The van der Waals surface area contributed by atoms with Gasteiger partial charge < -0.3 is 10.2 Å². The van der Waals surface area contributed by atoms with Crippen molar-refractivity contribution in [2.24, 2.45) is 5.92 Å². The molecule has 0 aliphatic carbocycles. The van der Waals surface area contributed by atoms with E-state index in [9.17, 15) is 4.79 Å². The zero-order chi connectivity index (χ0) is 18.8. The number of pyridine rings is 2. The lowest BCUT2D eigenvalue weighted by atomic mass is 9.96. The van der Waals surface area contributed by atoms with Gasteiger partial charge in [-0.15, -0.1) is 0 Å². The molecule has 0 unspecified atom stereocenters. The van der Waals surface area contributed by atoms with E-state index in [0.29, 0.717) is 5.82 Å². The Balaban J connectivity index is 1.55. The molecular formula is C20H22N6O. The number of nitrogens with zero attached hydrogens (tertiary/aromatic N) is 5. The van der Waals surface area contributed by atoms with Gasteiger partial charge in [-0.3, -0.25) is 9.78 Å². The third kappa shape index (κ3) is 3.93. The third-order valence-electron chi connectivity index (χ3n) is 5.02. The molecule has 1 fully saturated rings. The predicted molar refractivity (Wildman–Crippen MR) is 104 cm³/mol. The molecule has 1 saturated heterocycles. The summed E-state index contributed by atoms with van der Waals surface area (Å²) in [6.07, 6.45) is 8.82. The van der Waals surface area contributed by atoms with E-state index in [1.165, 1.54) is 0 Å². The third-order valence-corrected chi connectivity index (χ3v) is 5.02. The van der Waals surface area contributed by atoms with Gasteiger partial charge in [0.15, 0.2) is 0 Å². The quantitative estimate of drug-likeness (QED) is 0.771. The van der Waals surface area contributed by atoms with E-state index in [1.807, 2.05) is 19.1 Å². The van der Waals surface area contributed by atoms with Crippen LogP contribution in [-0.2, 0) is 4.79 Å². The van der Waals surface area contributed by atoms with Crippen molar-refractivity contribution in [2.45, 2.75) is 19.8 Å². The number of aromatic nitrogens is 4. The van der Waals surface area contributed by atoms with E-state index in [-0.39, 0.29) is 11.8 Å². The molecule has 0 aromatic carbocycles. The second-order valence-corrected chi connectivity index (χ2v) is 7.07. The van der Waals surface area contributed by atoms with Crippen LogP contribution in [0.5, 0.6) is 0 Å².